The van der Waals surface area contributed by atoms with Crippen LogP contribution in [0.25, 0.3) is 10.8 Å². The zero-order valence-electron chi connectivity index (χ0n) is 64.2. The normalized spacial score (nSPS) is 14.9. The number of nitrogens with one attached hydrogen (secondary N) is 13. The fourth-order valence-electron chi connectivity index (χ4n) is 12.4. The smallest absolute Gasteiger partial charge is 0.245 e. The summed E-state index contributed by atoms with van der Waals surface area (Å²) in [4.78, 5) is 171. The van der Waals surface area contributed by atoms with E-state index in [0.717, 1.165) is 16.3 Å². The predicted molar refractivity (Wildman–Crippen MR) is 420 cm³/mol. The van der Waals surface area contributed by atoms with Crippen molar-refractivity contribution in [3.63, 3.8) is 0 Å². The lowest BCUT2D eigenvalue weighted by Crippen LogP contribution is -2.61. The van der Waals surface area contributed by atoms with E-state index in [9.17, 15) is 53.1 Å². The largest absolute Gasteiger partial charge is 0.394 e. The number of pyridine rings is 1. The number of aliphatic imine (C=N–C) groups is 2. The maximum absolute atomic E-state index is 15.0. The highest BCUT2D eigenvalue weighted by molar-refractivity contribution is 6.30. The van der Waals surface area contributed by atoms with E-state index in [0.29, 0.717) is 106 Å². The Bertz CT molecular complexity index is 3650. The first-order valence-corrected chi connectivity index (χ1v) is 38.5. The van der Waals surface area contributed by atoms with Crippen LogP contribution in [0.5, 0.6) is 0 Å². The summed E-state index contributed by atoms with van der Waals surface area (Å²) in [5.74, 6) is -7.24. The van der Waals surface area contributed by atoms with Gasteiger partial charge in [-0.05, 0) is 170 Å². The van der Waals surface area contributed by atoms with Crippen LogP contribution < -0.4 is 80.6 Å². The fourth-order valence-corrected chi connectivity index (χ4v) is 12.5. The SMILES string of the molecule is CCNC(=NCCCC[C@@H](NC(=O)[C@H](CCCCN)NC(=O)[C@H](CO)NC(=O)[C@@H](Cc1cccnc1)NC(=O)[C@@H](Cc1ccc(Cl)cc1)NC(=O)[C@@H](Cc1ccc2ccccc2c1)NC(C)=O)C(=O)N[C@@H](CC(C)C)C(=O)N[C@H](CCCCN=C(NCC)NCC)C(=O)N1CCC[C@H]1C(=O)N[C@H](C)C(N)=O)NCC. The molecule has 31 nitrogen and oxygen atoms in total. The summed E-state index contributed by atoms with van der Waals surface area (Å²) in [5.41, 5.74) is 13.2. The van der Waals surface area contributed by atoms with Gasteiger partial charge in [0.2, 0.25) is 65.0 Å². The number of primary amides is 1. The fraction of sp³-hybridized carbons (Fsp3) is 0.558. The number of halogens is 1. The summed E-state index contributed by atoms with van der Waals surface area (Å²) in [7, 11) is 0. The standard InChI is InChI=1S/C77H116ClN19O12/c1-9-82-76(83-10-2)86-38-19-16-27-58(68(102)93-60(41-48(5)6)69(103)92-59(28-17-20-39-87-77(84-11-3)85-12-4)75(109)97-40-22-29-65(97)74(108)88-49(7)66(80)100)90-67(101)57(26-15-18-36-79)91-73(107)64(47-98)96-72(106)63(45-53-23-21-37-81-46-53)95-71(105)62(43-51-31-34-56(78)35-32-51)94-70(104)61(89-50(8)99)44-52-30-33-54-24-13-14-25-55(54)42-52/h13-14,21,23-25,30-35,37,42,46,48-49,57-65,98H,9-12,15-20,22,26-29,36,38-41,43-45,47,79H2,1-8H3,(H2,80,100)(H,88,108)(H,89,99)(H,90,101)(H,91,107)(H,92,103)(H,93,102)(H,94,104)(H,95,105)(H,96,106)(H2,82,83,86)(H2,84,85,87)/t49-,57+,58-,59-,60+,61-,62-,63-,64+,65+/m1/s1. The molecule has 1 saturated heterocycles. The van der Waals surface area contributed by atoms with Crippen molar-refractivity contribution in [3.8, 4) is 0 Å². The molecule has 32 heteroatoms. The molecule has 3 aromatic carbocycles. The third-order valence-corrected chi connectivity index (χ3v) is 18.3. The number of aliphatic hydroxyl groups is 1. The minimum absolute atomic E-state index is 0.00870. The Kier molecular flexibility index (Phi) is 39.8. The molecule has 2 heterocycles. The number of carbonyl (C=O) groups excluding carboxylic acids is 11. The number of nitrogens with two attached hydrogens (primary N) is 2. The number of hydrogen-bond acceptors (Lipinski definition) is 16. The third-order valence-electron chi connectivity index (χ3n) is 18.1. The maximum Gasteiger partial charge on any atom is 0.245 e. The minimum Gasteiger partial charge on any atom is -0.394 e. The Morgan fingerprint density at radius 1 is 0.532 bits per heavy atom. The molecular formula is C77H116ClN19O12. The van der Waals surface area contributed by atoms with E-state index in [2.05, 4.69) is 84.1 Å². The Balaban J connectivity index is 1.43. The van der Waals surface area contributed by atoms with E-state index in [4.69, 9.17) is 23.1 Å². The van der Waals surface area contributed by atoms with E-state index in [1.807, 2.05) is 84.0 Å². The van der Waals surface area contributed by atoms with Gasteiger partial charge in [-0.1, -0.05) is 86.1 Å². The van der Waals surface area contributed by atoms with Gasteiger partial charge < -0.3 is 90.6 Å². The van der Waals surface area contributed by atoms with E-state index in [1.165, 1.54) is 31.1 Å². The number of guanidine groups is 2. The van der Waals surface area contributed by atoms with Crippen molar-refractivity contribution in [1.29, 1.82) is 0 Å². The molecule has 18 N–H and O–H groups in total. The highest BCUT2D eigenvalue weighted by Crippen LogP contribution is 2.22. The van der Waals surface area contributed by atoms with Gasteiger partial charge in [-0.2, -0.15) is 0 Å². The van der Waals surface area contributed by atoms with Gasteiger partial charge in [0.15, 0.2) is 11.9 Å². The first kappa shape index (κ1) is 89.6. The first-order chi connectivity index (χ1) is 52.3. The van der Waals surface area contributed by atoms with Crippen molar-refractivity contribution in [2.75, 3.05) is 59.0 Å². The molecule has 109 heavy (non-hydrogen) atoms. The molecule has 10 atom stereocenters. The van der Waals surface area contributed by atoms with Gasteiger partial charge >= 0.3 is 0 Å². The van der Waals surface area contributed by atoms with Gasteiger partial charge in [-0.15, -0.1) is 0 Å². The number of aliphatic hydroxyl groups excluding tert-OH is 1. The molecule has 4 aromatic rings. The second kappa shape index (κ2) is 48.4. The summed E-state index contributed by atoms with van der Waals surface area (Å²) >= 11 is 6.26. The molecule has 1 fully saturated rings. The molecule has 0 bridgehead atoms. The average molecular weight is 1540 g/mol. The van der Waals surface area contributed by atoms with Crippen molar-refractivity contribution >= 4 is 99.3 Å². The number of aromatic nitrogens is 1. The Labute approximate surface area is 644 Å². The topological polar surface area (TPSA) is 457 Å². The zero-order valence-corrected chi connectivity index (χ0v) is 65.0. The van der Waals surface area contributed by atoms with Crippen molar-refractivity contribution < 1.29 is 57.8 Å². The predicted octanol–water partition coefficient (Wildman–Crippen LogP) is 1.45. The van der Waals surface area contributed by atoms with Crippen LogP contribution in [0.4, 0.5) is 0 Å². The van der Waals surface area contributed by atoms with Crippen LogP contribution >= 0.6 is 11.6 Å². The molecule has 0 unspecified atom stereocenters. The van der Waals surface area contributed by atoms with Gasteiger partial charge in [0.25, 0.3) is 0 Å². The number of unbranched alkanes of at least 4 members (excludes halogenated alkanes) is 3. The lowest BCUT2D eigenvalue weighted by molar-refractivity contribution is -0.142. The molecular weight excluding hydrogens is 1420 g/mol. The summed E-state index contributed by atoms with van der Waals surface area (Å²) in [5, 5.41) is 50.6. The average Bonchev–Trinajstić information content (AvgIpc) is 1.81. The van der Waals surface area contributed by atoms with E-state index >= 15 is 4.79 Å². The molecule has 0 spiro atoms. The number of hydrogen-bond donors (Lipinski definition) is 16. The van der Waals surface area contributed by atoms with E-state index < -0.39 is 132 Å². The van der Waals surface area contributed by atoms with Crippen molar-refractivity contribution in [3.05, 3.63) is 113 Å². The van der Waals surface area contributed by atoms with Crippen LogP contribution in [0, 0.1) is 5.92 Å². The lowest BCUT2D eigenvalue weighted by atomic mass is 9.99. The molecule has 5 rings (SSSR count). The van der Waals surface area contributed by atoms with Crippen LogP contribution in [-0.4, -0.2) is 211 Å². The number of amides is 11. The summed E-state index contributed by atoms with van der Waals surface area (Å²) in [6.45, 7) is 16.7. The van der Waals surface area contributed by atoms with Gasteiger partial charge in [0.05, 0.1) is 6.61 Å². The third kappa shape index (κ3) is 31.6. The number of carbonyl (C=O) groups is 11. The monoisotopic (exact) mass is 1530 g/mol. The van der Waals surface area contributed by atoms with Crippen LogP contribution in [0.2, 0.25) is 5.02 Å². The van der Waals surface area contributed by atoms with Crippen LogP contribution in [0.15, 0.2) is 101 Å². The van der Waals surface area contributed by atoms with Crippen LogP contribution in [0.1, 0.15) is 149 Å². The number of rotatable bonds is 46. The summed E-state index contributed by atoms with van der Waals surface area (Å²) in [6.07, 6.45) is 5.98. The number of nitrogens with zero attached hydrogens (tertiary/aromatic N) is 4. The Morgan fingerprint density at radius 3 is 1.50 bits per heavy atom. The molecule has 11 amide bonds. The van der Waals surface area contributed by atoms with Gasteiger partial charge in [-0.25, -0.2) is 0 Å². The van der Waals surface area contributed by atoms with Gasteiger partial charge in [0, 0.05) is 89.4 Å². The summed E-state index contributed by atoms with van der Waals surface area (Å²) < 4.78 is 0. The molecule has 1 aromatic heterocycles. The summed E-state index contributed by atoms with van der Waals surface area (Å²) in [6, 6.07) is 10.1. The van der Waals surface area contributed by atoms with Gasteiger partial charge in [-0.3, -0.25) is 67.7 Å². The number of fused-ring (bicyclic) bond motifs is 1. The maximum atomic E-state index is 15.0. The van der Waals surface area contributed by atoms with Gasteiger partial charge in [0.1, 0.15) is 60.4 Å². The number of likely N-dealkylation sites (tertiary alicyclic amines) is 1. The highest BCUT2D eigenvalue weighted by Gasteiger charge is 2.40. The second-order valence-electron chi connectivity index (χ2n) is 27.5. The second-order valence-corrected chi connectivity index (χ2v) is 27.9. The Hall–Kier alpha value is -10.0. The molecule has 0 radical (unpaired) electrons. The van der Waals surface area contributed by atoms with Crippen LogP contribution in [-0.2, 0) is 72.0 Å². The minimum atomic E-state index is -1.75. The molecule has 1 aliphatic heterocycles. The quantitative estimate of drug-likeness (QED) is 0.0169. The Morgan fingerprint density at radius 2 is 0.991 bits per heavy atom. The van der Waals surface area contributed by atoms with Crippen molar-refractivity contribution in [1.82, 2.24) is 79.0 Å². The van der Waals surface area contributed by atoms with E-state index in [-0.39, 0.29) is 76.8 Å². The van der Waals surface area contributed by atoms with Crippen molar-refractivity contribution in [2.45, 2.75) is 212 Å². The zero-order chi connectivity index (χ0) is 79.8. The number of benzene rings is 3. The first-order valence-electron chi connectivity index (χ1n) is 38.1. The lowest BCUT2D eigenvalue weighted by Gasteiger charge is -2.31. The molecule has 0 saturated carbocycles. The van der Waals surface area contributed by atoms with E-state index in [1.54, 1.807) is 36.4 Å². The van der Waals surface area contributed by atoms with Crippen molar-refractivity contribution in [2.24, 2.45) is 27.4 Å². The van der Waals surface area contributed by atoms with Crippen LogP contribution in [0.3, 0.4) is 0 Å². The highest BCUT2D eigenvalue weighted by atomic mass is 35.5. The molecule has 598 valence electrons. The molecule has 0 aliphatic carbocycles. The molecule has 1 aliphatic rings.